The summed E-state index contributed by atoms with van der Waals surface area (Å²) in [7, 11) is 0. The Morgan fingerprint density at radius 2 is 1.93 bits per heavy atom. The van der Waals surface area contributed by atoms with Crippen LogP contribution in [0.15, 0.2) is 11.6 Å². The van der Waals surface area contributed by atoms with Gasteiger partial charge < -0.3 is 5.11 Å². The molecule has 0 aromatic carbocycles. The first-order chi connectivity index (χ1) is 13.8. The van der Waals surface area contributed by atoms with Gasteiger partial charge in [-0.15, -0.1) is 0 Å². The molecule has 1 aliphatic heterocycles. The molecule has 0 amide bonds. The summed E-state index contributed by atoms with van der Waals surface area (Å²) >= 11 is 0. The SMILES string of the molecule is CCCC[C@]1(O)CC[C@H]2[C@@H]3CC=C4CC5(CCOO5)C[C@H](C)[C@]4(C)[C@H]3CC[C@@]21C. The third-order valence-electron chi connectivity index (χ3n) is 10.9. The molecule has 0 radical (unpaired) electrons. The lowest BCUT2D eigenvalue weighted by atomic mass is 9.44. The number of hydrogen-bond acceptors (Lipinski definition) is 3. The number of allylic oxidation sites excluding steroid dienone is 1. The van der Waals surface area contributed by atoms with Crippen molar-refractivity contribution >= 4 is 0 Å². The molecular formula is C26H42O3. The molecule has 4 aliphatic carbocycles. The topological polar surface area (TPSA) is 38.7 Å². The van der Waals surface area contributed by atoms with Crippen LogP contribution >= 0.6 is 0 Å². The van der Waals surface area contributed by atoms with E-state index in [1.807, 2.05) is 0 Å². The van der Waals surface area contributed by atoms with Gasteiger partial charge in [-0.1, -0.05) is 52.2 Å². The lowest BCUT2D eigenvalue weighted by molar-refractivity contribution is -0.318. The number of rotatable bonds is 3. The fraction of sp³-hybridized carbons (Fsp3) is 0.923. The lowest BCUT2D eigenvalue weighted by Crippen LogP contribution is -2.57. The summed E-state index contributed by atoms with van der Waals surface area (Å²) in [5.74, 6) is 2.83. The maximum absolute atomic E-state index is 11.7. The third kappa shape index (κ3) is 2.72. The van der Waals surface area contributed by atoms with Crippen molar-refractivity contribution in [3.63, 3.8) is 0 Å². The summed E-state index contributed by atoms with van der Waals surface area (Å²) in [5.41, 5.74) is 1.58. The van der Waals surface area contributed by atoms with E-state index >= 15 is 0 Å². The van der Waals surface area contributed by atoms with Crippen molar-refractivity contribution in [2.24, 2.45) is 34.5 Å². The molecule has 3 heteroatoms. The molecule has 1 heterocycles. The summed E-state index contributed by atoms with van der Waals surface area (Å²) in [6.45, 7) is 10.5. The smallest absolute Gasteiger partial charge is 0.110 e. The minimum Gasteiger partial charge on any atom is -0.389 e. The molecule has 8 atom stereocenters. The second kappa shape index (κ2) is 6.81. The van der Waals surface area contributed by atoms with Gasteiger partial charge >= 0.3 is 0 Å². The van der Waals surface area contributed by atoms with Crippen LogP contribution in [0, 0.1) is 34.5 Å². The number of fused-ring (bicyclic) bond motifs is 5. The first-order valence-electron chi connectivity index (χ1n) is 12.5. The molecule has 0 aromatic rings. The second-order valence-corrected chi connectivity index (χ2v) is 11.9. The molecule has 1 N–H and O–H groups in total. The van der Waals surface area contributed by atoms with Crippen molar-refractivity contribution in [3.05, 3.63) is 11.6 Å². The summed E-state index contributed by atoms with van der Waals surface area (Å²) in [6, 6.07) is 0. The van der Waals surface area contributed by atoms with E-state index in [0.29, 0.717) is 17.3 Å². The Labute approximate surface area is 177 Å². The molecule has 1 saturated heterocycles. The molecule has 1 unspecified atom stereocenters. The van der Waals surface area contributed by atoms with Gasteiger partial charge in [-0.3, -0.25) is 0 Å². The zero-order valence-corrected chi connectivity index (χ0v) is 19.1. The molecule has 0 aromatic heterocycles. The Morgan fingerprint density at radius 3 is 2.66 bits per heavy atom. The van der Waals surface area contributed by atoms with E-state index in [9.17, 15) is 5.11 Å². The zero-order chi connectivity index (χ0) is 20.5. The Kier molecular flexibility index (Phi) is 4.82. The van der Waals surface area contributed by atoms with Crippen LogP contribution in [-0.2, 0) is 9.78 Å². The minimum atomic E-state index is -0.430. The predicted octanol–water partition coefficient (Wildman–Crippen LogP) is 6.21. The van der Waals surface area contributed by atoms with Gasteiger partial charge in [-0.2, -0.15) is 0 Å². The number of unbranched alkanes of at least 4 members (excludes halogenated alkanes) is 1. The van der Waals surface area contributed by atoms with E-state index in [4.69, 9.17) is 9.78 Å². The standard InChI is InChI=1S/C26H42O3/c1-5-6-11-26(27)13-10-21-20-8-7-19-17-25(14-15-28-29-25)16-18(2)24(19,4)22(20)9-12-23(21,26)3/h7,18,20-22,27H,5-6,8-17H2,1-4H3/t18-,20-,21-,22-,23-,24-,25?,26-/m0/s1. The Balaban J connectivity index is 1.44. The first kappa shape index (κ1) is 20.5. The summed E-state index contributed by atoms with van der Waals surface area (Å²) in [4.78, 5) is 11.2. The molecule has 0 bridgehead atoms. The van der Waals surface area contributed by atoms with Gasteiger partial charge in [-0.25, -0.2) is 9.78 Å². The summed E-state index contributed by atoms with van der Waals surface area (Å²) < 4.78 is 0. The van der Waals surface area contributed by atoms with Crippen LogP contribution in [0.2, 0.25) is 0 Å². The highest BCUT2D eigenvalue weighted by Crippen LogP contribution is 2.69. The van der Waals surface area contributed by atoms with Gasteiger partial charge in [0.05, 0.1) is 12.2 Å². The highest BCUT2D eigenvalue weighted by Gasteiger charge is 2.65. The predicted molar refractivity (Wildman–Crippen MR) is 115 cm³/mol. The van der Waals surface area contributed by atoms with E-state index < -0.39 is 5.60 Å². The van der Waals surface area contributed by atoms with Gasteiger partial charge in [0.2, 0.25) is 0 Å². The van der Waals surface area contributed by atoms with Gasteiger partial charge in [-0.05, 0) is 79.4 Å². The van der Waals surface area contributed by atoms with Crippen molar-refractivity contribution in [2.75, 3.05) is 6.61 Å². The molecule has 164 valence electrons. The Morgan fingerprint density at radius 1 is 1.14 bits per heavy atom. The van der Waals surface area contributed by atoms with Crippen molar-refractivity contribution in [3.8, 4) is 0 Å². The fourth-order valence-corrected chi connectivity index (χ4v) is 8.91. The fourth-order valence-electron chi connectivity index (χ4n) is 8.91. The molecule has 5 rings (SSSR count). The number of hydrogen-bond donors (Lipinski definition) is 1. The van der Waals surface area contributed by atoms with Crippen LogP contribution in [-0.4, -0.2) is 22.9 Å². The molecule has 3 nitrogen and oxygen atoms in total. The largest absolute Gasteiger partial charge is 0.389 e. The summed E-state index contributed by atoms with van der Waals surface area (Å²) in [6.07, 6.45) is 15.2. The molecule has 4 fully saturated rings. The van der Waals surface area contributed by atoms with E-state index in [2.05, 4.69) is 33.8 Å². The third-order valence-corrected chi connectivity index (χ3v) is 10.9. The van der Waals surface area contributed by atoms with E-state index in [-0.39, 0.29) is 11.0 Å². The molecule has 5 aliphatic rings. The summed E-state index contributed by atoms with van der Waals surface area (Å²) in [5, 5.41) is 11.7. The van der Waals surface area contributed by atoms with Gasteiger partial charge in [0.1, 0.15) is 5.60 Å². The van der Waals surface area contributed by atoms with Crippen LogP contribution in [0.4, 0.5) is 0 Å². The van der Waals surface area contributed by atoms with E-state index in [1.54, 1.807) is 5.57 Å². The van der Waals surface area contributed by atoms with Crippen molar-refractivity contribution in [1.29, 1.82) is 0 Å². The maximum Gasteiger partial charge on any atom is 0.110 e. The van der Waals surface area contributed by atoms with Gasteiger partial charge in [0.25, 0.3) is 0 Å². The Bertz CT molecular complexity index is 679. The second-order valence-electron chi connectivity index (χ2n) is 11.9. The molecule has 29 heavy (non-hydrogen) atoms. The van der Waals surface area contributed by atoms with Crippen LogP contribution in [0.25, 0.3) is 0 Å². The lowest BCUT2D eigenvalue weighted by Gasteiger charge is -2.61. The van der Waals surface area contributed by atoms with Crippen LogP contribution in [0.5, 0.6) is 0 Å². The average molecular weight is 403 g/mol. The monoisotopic (exact) mass is 402 g/mol. The average Bonchev–Trinajstić information content (AvgIpc) is 3.24. The molecule has 1 spiro atoms. The van der Waals surface area contributed by atoms with E-state index in [0.717, 1.165) is 57.0 Å². The van der Waals surface area contributed by atoms with Crippen molar-refractivity contribution in [1.82, 2.24) is 0 Å². The highest BCUT2D eigenvalue weighted by molar-refractivity contribution is 5.29. The quantitative estimate of drug-likeness (QED) is 0.451. The Hall–Kier alpha value is -0.380. The van der Waals surface area contributed by atoms with Gasteiger partial charge in [0.15, 0.2) is 0 Å². The molecular weight excluding hydrogens is 360 g/mol. The molecule has 3 saturated carbocycles. The highest BCUT2D eigenvalue weighted by atomic mass is 17.2. The van der Waals surface area contributed by atoms with Crippen molar-refractivity contribution < 1.29 is 14.9 Å². The van der Waals surface area contributed by atoms with Crippen LogP contribution in [0.1, 0.15) is 98.3 Å². The van der Waals surface area contributed by atoms with Crippen molar-refractivity contribution in [2.45, 2.75) is 110 Å². The van der Waals surface area contributed by atoms with E-state index in [1.165, 1.54) is 32.1 Å². The normalized spacial score (nSPS) is 54.0. The number of aliphatic hydroxyl groups is 1. The first-order valence-corrected chi connectivity index (χ1v) is 12.5. The van der Waals surface area contributed by atoms with Gasteiger partial charge in [0, 0.05) is 12.8 Å². The minimum absolute atomic E-state index is 0.0610. The van der Waals surface area contributed by atoms with Crippen LogP contribution < -0.4 is 0 Å². The van der Waals surface area contributed by atoms with Crippen LogP contribution in [0.3, 0.4) is 0 Å². The maximum atomic E-state index is 11.7. The zero-order valence-electron chi connectivity index (χ0n) is 19.1.